The molecule has 1 aliphatic rings. The number of amides is 1. The van der Waals surface area contributed by atoms with Crippen LogP contribution in [0.1, 0.15) is 23.2 Å². The van der Waals surface area contributed by atoms with Crippen LogP contribution in [-0.2, 0) is 0 Å². The van der Waals surface area contributed by atoms with Crippen LogP contribution >= 0.6 is 0 Å². The van der Waals surface area contributed by atoms with E-state index in [-0.39, 0.29) is 18.7 Å². The molecule has 5 rings (SSSR count). The Hall–Kier alpha value is -3.55. The molecule has 0 aliphatic heterocycles. The maximum absolute atomic E-state index is 13.2. The zero-order chi connectivity index (χ0) is 20.9. The number of carbonyl (C=O) groups excluding carboxylic acids is 1. The van der Waals surface area contributed by atoms with Gasteiger partial charge in [-0.05, 0) is 41.1 Å². The van der Waals surface area contributed by atoms with Crippen LogP contribution in [0.3, 0.4) is 0 Å². The second-order valence-corrected chi connectivity index (χ2v) is 7.67. The highest BCUT2D eigenvalue weighted by Gasteiger charge is 2.48. The summed E-state index contributed by atoms with van der Waals surface area (Å²) in [7, 11) is 1.59. The number of carbonyl (C=O) groups is 1. The number of H-pyrrole nitrogens is 1. The van der Waals surface area contributed by atoms with Gasteiger partial charge in [-0.3, -0.25) is 14.9 Å². The first-order valence-corrected chi connectivity index (χ1v) is 9.65. The van der Waals surface area contributed by atoms with E-state index in [1.54, 1.807) is 25.4 Å². The van der Waals surface area contributed by atoms with Crippen molar-refractivity contribution in [2.24, 2.45) is 0 Å². The van der Waals surface area contributed by atoms with Crippen LogP contribution in [0.15, 0.2) is 54.7 Å². The van der Waals surface area contributed by atoms with E-state index >= 15 is 0 Å². The van der Waals surface area contributed by atoms with Crippen LogP contribution in [0, 0.1) is 0 Å². The fourth-order valence-electron chi connectivity index (χ4n) is 3.88. The molecule has 2 aromatic heterocycles. The van der Waals surface area contributed by atoms with Crippen LogP contribution in [-0.4, -0.2) is 45.0 Å². The van der Waals surface area contributed by atoms with E-state index in [1.807, 2.05) is 36.4 Å². The van der Waals surface area contributed by atoms with Crippen molar-refractivity contribution in [3.05, 3.63) is 60.3 Å². The van der Waals surface area contributed by atoms with Gasteiger partial charge in [0, 0.05) is 43.4 Å². The Morgan fingerprint density at radius 2 is 2.03 bits per heavy atom. The third-order valence-corrected chi connectivity index (χ3v) is 5.63. The van der Waals surface area contributed by atoms with Gasteiger partial charge in [0.1, 0.15) is 5.52 Å². The lowest BCUT2D eigenvalue weighted by Crippen LogP contribution is -2.51. The number of hydrogen-bond acceptors (Lipinski definition) is 4. The fourth-order valence-corrected chi connectivity index (χ4v) is 3.88. The van der Waals surface area contributed by atoms with E-state index in [1.165, 1.54) is 4.90 Å². The first kappa shape index (κ1) is 18.5. The molecule has 2 N–H and O–H groups in total. The van der Waals surface area contributed by atoms with E-state index in [9.17, 15) is 13.6 Å². The molecule has 0 spiro atoms. The number of nitrogens with zero attached hydrogens (tertiary/aromatic N) is 3. The summed E-state index contributed by atoms with van der Waals surface area (Å²) in [6.45, 7) is 0. The van der Waals surface area contributed by atoms with E-state index in [2.05, 4.69) is 20.5 Å². The van der Waals surface area contributed by atoms with Gasteiger partial charge in [0.15, 0.2) is 5.82 Å². The van der Waals surface area contributed by atoms with Crippen LogP contribution in [0.4, 0.5) is 20.3 Å². The number of fused-ring (bicyclic) bond motifs is 2. The average molecular weight is 407 g/mol. The number of nitrogens with one attached hydrogen (secondary N) is 2. The summed E-state index contributed by atoms with van der Waals surface area (Å²) in [5.41, 5.74) is 2.88. The summed E-state index contributed by atoms with van der Waals surface area (Å²) in [5, 5.41) is 12.1. The summed E-state index contributed by atoms with van der Waals surface area (Å²) in [6, 6.07) is 14.4. The Morgan fingerprint density at radius 1 is 1.20 bits per heavy atom. The predicted octanol–water partition coefficient (Wildman–Crippen LogP) is 4.72. The first-order valence-electron chi connectivity index (χ1n) is 9.65. The molecule has 0 bridgehead atoms. The third kappa shape index (κ3) is 3.14. The molecule has 2 aromatic carbocycles. The summed E-state index contributed by atoms with van der Waals surface area (Å²) in [4.78, 5) is 18.7. The van der Waals surface area contributed by atoms with Crippen LogP contribution < -0.4 is 5.32 Å². The van der Waals surface area contributed by atoms with Gasteiger partial charge < -0.3 is 10.2 Å². The van der Waals surface area contributed by atoms with Gasteiger partial charge >= 0.3 is 0 Å². The minimum Gasteiger partial charge on any atom is -0.338 e. The van der Waals surface area contributed by atoms with E-state index < -0.39 is 12.0 Å². The van der Waals surface area contributed by atoms with Crippen molar-refractivity contribution in [2.75, 3.05) is 12.4 Å². The number of alkyl halides is 2. The minimum absolute atomic E-state index is 0.246. The third-order valence-electron chi connectivity index (χ3n) is 5.63. The molecular weight excluding hydrogens is 388 g/mol. The molecule has 1 fully saturated rings. The molecule has 0 saturated heterocycles. The van der Waals surface area contributed by atoms with Crippen LogP contribution in [0.2, 0.25) is 0 Å². The molecule has 2 heterocycles. The molecule has 0 atom stereocenters. The van der Waals surface area contributed by atoms with Crippen molar-refractivity contribution in [1.29, 1.82) is 0 Å². The molecule has 1 saturated carbocycles. The lowest BCUT2D eigenvalue weighted by atomic mass is 9.86. The molecular formula is C22H19F2N5O. The average Bonchev–Trinajstić information content (AvgIpc) is 3.13. The van der Waals surface area contributed by atoms with Gasteiger partial charge in [-0.1, -0.05) is 18.2 Å². The quantitative estimate of drug-likeness (QED) is 0.513. The van der Waals surface area contributed by atoms with Crippen molar-refractivity contribution in [3.63, 3.8) is 0 Å². The van der Waals surface area contributed by atoms with Gasteiger partial charge in [-0.25, -0.2) is 8.78 Å². The SMILES string of the molecule is CN(C(=O)c1cccc2cc(Nc3n[nH]c4cccnc34)ccc12)C1CC(F)(F)C1. The van der Waals surface area contributed by atoms with Gasteiger partial charge in [-0.2, -0.15) is 5.10 Å². The van der Waals surface area contributed by atoms with Crippen molar-refractivity contribution in [3.8, 4) is 0 Å². The highest BCUT2D eigenvalue weighted by Crippen LogP contribution is 2.40. The van der Waals surface area contributed by atoms with Crippen LogP contribution in [0.5, 0.6) is 0 Å². The standard InChI is InChI=1S/C22H19F2N5O/c1-29(15-11-22(23,24)12-15)21(30)17-5-2-4-13-10-14(7-8-16(13)17)26-20-19-18(27-28-20)6-3-9-25-19/h2-10,15H,11-12H2,1H3,(H2,26,27,28). The van der Waals surface area contributed by atoms with E-state index in [0.29, 0.717) is 11.4 Å². The molecule has 4 aromatic rings. The Bertz CT molecular complexity index is 1260. The number of pyridine rings is 1. The van der Waals surface area contributed by atoms with E-state index in [0.717, 1.165) is 27.5 Å². The Balaban J connectivity index is 1.43. The maximum Gasteiger partial charge on any atom is 0.254 e. The minimum atomic E-state index is -2.66. The predicted molar refractivity (Wildman–Crippen MR) is 111 cm³/mol. The molecule has 8 heteroatoms. The zero-order valence-electron chi connectivity index (χ0n) is 16.2. The second-order valence-electron chi connectivity index (χ2n) is 7.67. The van der Waals surface area contributed by atoms with Gasteiger partial charge in [-0.15, -0.1) is 0 Å². The number of anilines is 2. The van der Waals surface area contributed by atoms with Crippen molar-refractivity contribution >= 4 is 39.2 Å². The number of rotatable bonds is 4. The van der Waals surface area contributed by atoms with Crippen molar-refractivity contribution < 1.29 is 13.6 Å². The maximum atomic E-state index is 13.2. The molecule has 1 aliphatic carbocycles. The number of aromatic amines is 1. The lowest BCUT2D eigenvalue weighted by Gasteiger charge is -2.40. The summed E-state index contributed by atoms with van der Waals surface area (Å²) in [6.07, 6.45) is 1.15. The highest BCUT2D eigenvalue weighted by molar-refractivity contribution is 6.07. The lowest BCUT2D eigenvalue weighted by molar-refractivity contribution is -0.112. The van der Waals surface area contributed by atoms with Gasteiger partial charge in [0.2, 0.25) is 0 Å². The summed E-state index contributed by atoms with van der Waals surface area (Å²) < 4.78 is 26.4. The molecule has 0 radical (unpaired) electrons. The number of benzene rings is 2. The molecule has 152 valence electrons. The topological polar surface area (TPSA) is 73.9 Å². The Morgan fingerprint density at radius 3 is 2.83 bits per heavy atom. The largest absolute Gasteiger partial charge is 0.338 e. The molecule has 0 unspecified atom stereocenters. The second kappa shape index (κ2) is 6.76. The zero-order valence-corrected chi connectivity index (χ0v) is 16.2. The molecule has 30 heavy (non-hydrogen) atoms. The van der Waals surface area contributed by atoms with Crippen LogP contribution in [0.25, 0.3) is 21.8 Å². The highest BCUT2D eigenvalue weighted by atomic mass is 19.3. The molecule has 1 amide bonds. The molecule has 6 nitrogen and oxygen atoms in total. The summed E-state index contributed by atoms with van der Waals surface area (Å²) in [5.74, 6) is -2.30. The number of hydrogen-bond donors (Lipinski definition) is 2. The van der Waals surface area contributed by atoms with Crippen molar-refractivity contribution in [2.45, 2.75) is 24.8 Å². The number of aromatic nitrogens is 3. The monoisotopic (exact) mass is 407 g/mol. The number of halogens is 2. The summed E-state index contributed by atoms with van der Waals surface area (Å²) >= 11 is 0. The van der Waals surface area contributed by atoms with Crippen molar-refractivity contribution in [1.82, 2.24) is 20.1 Å². The first-order chi connectivity index (χ1) is 14.4. The normalized spacial score (nSPS) is 15.8. The Labute approximate surface area is 170 Å². The van der Waals surface area contributed by atoms with E-state index in [4.69, 9.17) is 0 Å². The Kier molecular flexibility index (Phi) is 4.16. The van der Waals surface area contributed by atoms with Gasteiger partial charge in [0.05, 0.1) is 5.52 Å². The fraction of sp³-hybridized carbons (Fsp3) is 0.227. The smallest absolute Gasteiger partial charge is 0.254 e. The van der Waals surface area contributed by atoms with Gasteiger partial charge in [0.25, 0.3) is 11.8 Å².